The molecule has 1 aliphatic heterocycles. The predicted molar refractivity (Wildman–Crippen MR) is 94.1 cm³/mol. The Balaban J connectivity index is 1.76. The molecule has 0 bridgehead atoms. The van der Waals surface area contributed by atoms with Gasteiger partial charge in [0.25, 0.3) is 0 Å². The number of hydrogen-bond donors (Lipinski definition) is 0. The van der Waals surface area contributed by atoms with Crippen molar-refractivity contribution in [3.05, 3.63) is 70.2 Å². The van der Waals surface area contributed by atoms with Gasteiger partial charge in [0, 0.05) is 0 Å². The van der Waals surface area contributed by atoms with Crippen LogP contribution in [0.15, 0.2) is 70.2 Å². The fourth-order valence-electron chi connectivity index (χ4n) is 2.14. The summed E-state index contributed by atoms with van der Waals surface area (Å²) < 4.78 is 9.94. The summed E-state index contributed by atoms with van der Waals surface area (Å²) in [5, 5.41) is 0. The van der Waals surface area contributed by atoms with Gasteiger partial charge < -0.3 is 0 Å². The van der Waals surface area contributed by atoms with Gasteiger partial charge in [0.05, 0.1) is 0 Å². The van der Waals surface area contributed by atoms with E-state index in [2.05, 4.69) is 71.8 Å². The Morgan fingerprint density at radius 3 is 1.82 bits per heavy atom. The van der Waals surface area contributed by atoms with Crippen molar-refractivity contribution in [1.82, 2.24) is 4.90 Å². The summed E-state index contributed by atoms with van der Waals surface area (Å²) in [4.78, 5) is 2.42. The van der Waals surface area contributed by atoms with Crippen LogP contribution in [0.4, 0.5) is 0 Å². The molecule has 114 valence electrons. The van der Waals surface area contributed by atoms with E-state index in [1.54, 1.807) is 3.37 Å². The summed E-state index contributed by atoms with van der Waals surface area (Å²) in [6.07, 6.45) is 2.41. The third-order valence-electron chi connectivity index (χ3n) is 3.26. The molecule has 3 rings (SSSR count). The third-order valence-corrected chi connectivity index (χ3v) is 8.49. The molecule has 4 heteroatoms. The fraction of sp³-hybridized carbons (Fsp3) is 0.222. The molecule has 2 aromatic carbocycles. The monoisotopic (exact) mass is 425 g/mol. The van der Waals surface area contributed by atoms with Gasteiger partial charge in [-0.05, 0) is 0 Å². The molecule has 2 aromatic rings. The van der Waals surface area contributed by atoms with E-state index in [-0.39, 0.29) is 0 Å². The summed E-state index contributed by atoms with van der Waals surface area (Å²) in [7, 11) is 0. The van der Waals surface area contributed by atoms with Crippen molar-refractivity contribution in [3.63, 3.8) is 0 Å². The van der Waals surface area contributed by atoms with Crippen LogP contribution in [0.2, 0.25) is 0 Å². The standard InChI is InChI=1S/C18H19NOSe2/c1-3-7-16(8-4-1)21-18(15-19-11-13-20-14-12-19)22-17-9-5-2-6-10-17/h1-10,15H,11-14H2. The van der Waals surface area contributed by atoms with E-state index in [0.29, 0.717) is 29.9 Å². The molecule has 0 unspecified atom stereocenters. The number of hydrogen-bond acceptors (Lipinski definition) is 2. The topological polar surface area (TPSA) is 12.5 Å². The average molecular weight is 423 g/mol. The molecule has 1 heterocycles. The van der Waals surface area contributed by atoms with Gasteiger partial charge in [0.1, 0.15) is 0 Å². The van der Waals surface area contributed by atoms with Gasteiger partial charge in [0.15, 0.2) is 0 Å². The maximum absolute atomic E-state index is 5.46. The second-order valence-corrected chi connectivity index (χ2v) is 10.9. The predicted octanol–water partition coefficient (Wildman–Crippen LogP) is 1.18. The van der Waals surface area contributed by atoms with Crippen LogP contribution in [0.1, 0.15) is 0 Å². The molecule has 0 amide bonds. The number of benzene rings is 2. The van der Waals surface area contributed by atoms with E-state index in [0.717, 1.165) is 26.3 Å². The van der Waals surface area contributed by atoms with Crippen LogP contribution < -0.4 is 8.92 Å². The zero-order chi connectivity index (χ0) is 15.0. The first kappa shape index (κ1) is 15.9. The molecule has 1 fully saturated rings. The Labute approximate surface area is 144 Å². The van der Waals surface area contributed by atoms with E-state index in [1.165, 1.54) is 8.92 Å². The van der Waals surface area contributed by atoms with E-state index < -0.39 is 0 Å². The summed E-state index contributed by atoms with van der Waals surface area (Å²) in [5.74, 6) is 0. The van der Waals surface area contributed by atoms with Crippen LogP contribution >= 0.6 is 0 Å². The number of rotatable bonds is 5. The molecule has 1 saturated heterocycles. The van der Waals surface area contributed by atoms with Crippen molar-refractivity contribution >= 4 is 38.8 Å². The molecule has 2 nitrogen and oxygen atoms in total. The van der Waals surface area contributed by atoms with E-state index >= 15 is 0 Å². The van der Waals surface area contributed by atoms with Gasteiger partial charge in [-0.15, -0.1) is 0 Å². The normalized spacial score (nSPS) is 14.6. The minimum absolute atomic E-state index is 0.398. The second kappa shape index (κ2) is 8.57. The van der Waals surface area contributed by atoms with Crippen LogP contribution in [0.5, 0.6) is 0 Å². The molecule has 1 aliphatic rings. The Morgan fingerprint density at radius 2 is 1.32 bits per heavy atom. The van der Waals surface area contributed by atoms with Crippen molar-refractivity contribution in [1.29, 1.82) is 0 Å². The van der Waals surface area contributed by atoms with Crippen LogP contribution in [0, 0.1) is 0 Å². The van der Waals surface area contributed by atoms with Gasteiger partial charge in [-0.2, -0.15) is 0 Å². The molecule has 0 spiro atoms. The quantitative estimate of drug-likeness (QED) is 0.670. The maximum atomic E-state index is 5.46. The summed E-state index contributed by atoms with van der Waals surface area (Å²) in [6.45, 7) is 3.72. The first-order valence-electron chi connectivity index (χ1n) is 7.39. The Bertz CT molecular complexity index is 551. The zero-order valence-corrected chi connectivity index (χ0v) is 15.8. The van der Waals surface area contributed by atoms with Crippen molar-refractivity contribution < 1.29 is 4.74 Å². The zero-order valence-electron chi connectivity index (χ0n) is 12.4. The van der Waals surface area contributed by atoms with E-state index in [9.17, 15) is 0 Å². The molecule has 0 aromatic heterocycles. The summed E-state index contributed by atoms with van der Waals surface area (Å²) in [6, 6.07) is 21.7. The fourth-order valence-corrected chi connectivity index (χ4v) is 7.83. The Kier molecular flexibility index (Phi) is 6.18. The third kappa shape index (κ3) is 5.01. The number of nitrogens with zero attached hydrogens (tertiary/aromatic N) is 1. The van der Waals surface area contributed by atoms with Gasteiger partial charge >= 0.3 is 145 Å². The molecule has 0 radical (unpaired) electrons. The minimum atomic E-state index is 0.398. The number of morpholine rings is 1. The first-order chi connectivity index (χ1) is 10.9. The molecule has 0 atom stereocenters. The van der Waals surface area contributed by atoms with Crippen molar-refractivity contribution in [2.75, 3.05) is 26.3 Å². The van der Waals surface area contributed by atoms with Crippen molar-refractivity contribution in [3.8, 4) is 0 Å². The van der Waals surface area contributed by atoms with Crippen LogP contribution in [0.25, 0.3) is 0 Å². The van der Waals surface area contributed by atoms with E-state index in [1.807, 2.05) is 0 Å². The molecular formula is C18H19NOSe2. The second-order valence-electron chi connectivity index (χ2n) is 4.93. The van der Waals surface area contributed by atoms with Crippen molar-refractivity contribution in [2.45, 2.75) is 0 Å². The van der Waals surface area contributed by atoms with Crippen LogP contribution in [0.3, 0.4) is 0 Å². The summed E-state index contributed by atoms with van der Waals surface area (Å²) in [5.41, 5.74) is 0. The van der Waals surface area contributed by atoms with Gasteiger partial charge in [-0.1, -0.05) is 0 Å². The van der Waals surface area contributed by atoms with Crippen LogP contribution in [-0.4, -0.2) is 61.1 Å². The Hall–Kier alpha value is -1.02. The van der Waals surface area contributed by atoms with Gasteiger partial charge in [-0.25, -0.2) is 0 Å². The van der Waals surface area contributed by atoms with Gasteiger partial charge in [0.2, 0.25) is 0 Å². The molecule has 0 N–H and O–H groups in total. The van der Waals surface area contributed by atoms with Crippen LogP contribution in [-0.2, 0) is 4.74 Å². The average Bonchev–Trinajstić information content (AvgIpc) is 2.57. The van der Waals surface area contributed by atoms with Crippen molar-refractivity contribution in [2.24, 2.45) is 0 Å². The molecule has 22 heavy (non-hydrogen) atoms. The van der Waals surface area contributed by atoms with Gasteiger partial charge in [-0.3, -0.25) is 0 Å². The number of ether oxygens (including phenoxy) is 1. The Morgan fingerprint density at radius 1 is 0.818 bits per heavy atom. The molecule has 0 saturated carbocycles. The first-order valence-corrected chi connectivity index (χ1v) is 10.8. The molecular weight excluding hydrogens is 404 g/mol. The van der Waals surface area contributed by atoms with E-state index in [4.69, 9.17) is 4.74 Å². The summed E-state index contributed by atoms with van der Waals surface area (Å²) >= 11 is 0.796. The molecule has 0 aliphatic carbocycles. The SMILES string of the molecule is C(=C([Se]c1ccccc1)[Se]c1ccccc1)N1CCOCC1.